The zero-order valence-electron chi connectivity index (χ0n) is 17.9. The van der Waals surface area contributed by atoms with Gasteiger partial charge in [-0.3, -0.25) is 4.79 Å². The second kappa shape index (κ2) is 8.10. The van der Waals surface area contributed by atoms with Gasteiger partial charge in [0.05, 0.1) is 24.4 Å². The van der Waals surface area contributed by atoms with Crippen LogP contribution in [0.15, 0.2) is 18.2 Å². The number of nitrogens with zero attached hydrogens (tertiary/aromatic N) is 3. The number of hydrogen-bond acceptors (Lipinski definition) is 7. The number of thiophene rings is 1. The fourth-order valence-corrected chi connectivity index (χ4v) is 5.22. The van der Waals surface area contributed by atoms with Gasteiger partial charge in [0.1, 0.15) is 11.6 Å². The minimum atomic E-state index is 0.00794. The molecule has 8 heteroatoms. The molecule has 158 valence electrons. The second-order valence-corrected chi connectivity index (χ2v) is 8.73. The minimum Gasteiger partial charge on any atom is -0.493 e. The van der Waals surface area contributed by atoms with E-state index in [-0.39, 0.29) is 11.9 Å². The third-order valence-corrected chi connectivity index (χ3v) is 6.46. The maximum Gasteiger partial charge on any atom is 0.217 e. The van der Waals surface area contributed by atoms with Gasteiger partial charge in [0.15, 0.2) is 11.5 Å². The van der Waals surface area contributed by atoms with Crippen LogP contribution < -0.4 is 19.7 Å². The van der Waals surface area contributed by atoms with E-state index in [0.717, 1.165) is 52.5 Å². The maximum atomic E-state index is 11.4. The van der Waals surface area contributed by atoms with Crippen LogP contribution in [0.5, 0.6) is 11.5 Å². The van der Waals surface area contributed by atoms with E-state index in [1.165, 1.54) is 4.88 Å². The highest BCUT2D eigenvalue weighted by molar-refractivity contribution is 7.20. The highest BCUT2D eigenvalue weighted by Crippen LogP contribution is 2.43. The fourth-order valence-electron chi connectivity index (χ4n) is 4.09. The Morgan fingerprint density at radius 1 is 1.20 bits per heavy atom. The van der Waals surface area contributed by atoms with Gasteiger partial charge in [-0.1, -0.05) is 6.07 Å². The molecule has 1 N–H and O–H groups in total. The SMILES string of the molecule is COc1ccc(-c2c(C)sc3c(N4CC[C@@H](NC(C)=O)C4)nc(C)nc23)cc1OC. The summed E-state index contributed by atoms with van der Waals surface area (Å²) in [5, 5.41) is 3.02. The maximum absolute atomic E-state index is 11.4. The van der Waals surface area contributed by atoms with Crippen molar-refractivity contribution in [3.05, 3.63) is 28.9 Å². The highest BCUT2D eigenvalue weighted by atomic mass is 32.1. The van der Waals surface area contributed by atoms with E-state index >= 15 is 0 Å². The lowest BCUT2D eigenvalue weighted by atomic mass is 10.0. The number of fused-ring (bicyclic) bond motifs is 1. The van der Waals surface area contributed by atoms with Crippen molar-refractivity contribution in [1.29, 1.82) is 0 Å². The van der Waals surface area contributed by atoms with Gasteiger partial charge >= 0.3 is 0 Å². The largest absolute Gasteiger partial charge is 0.493 e. The summed E-state index contributed by atoms with van der Waals surface area (Å²) in [6.07, 6.45) is 0.914. The van der Waals surface area contributed by atoms with E-state index in [1.807, 2.05) is 25.1 Å². The predicted octanol–water partition coefficient (Wildman–Crippen LogP) is 3.71. The molecule has 3 aromatic rings. The van der Waals surface area contributed by atoms with Crippen molar-refractivity contribution >= 4 is 33.3 Å². The van der Waals surface area contributed by atoms with Crippen LogP contribution in [0.25, 0.3) is 21.3 Å². The normalized spacial score (nSPS) is 16.2. The van der Waals surface area contributed by atoms with Crippen LogP contribution in [0.4, 0.5) is 5.82 Å². The Bertz CT molecular complexity index is 1110. The zero-order chi connectivity index (χ0) is 21.4. The standard InChI is InChI=1S/C22H26N4O3S/c1-12-19(15-6-7-17(28-4)18(10-15)29-5)20-21(30-12)22(24-13(2)23-20)26-9-8-16(11-26)25-14(3)27/h6-7,10,16H,8-9,11H2,1-5H3,(H,25,27)/t16-/m1/s1. The van der Waals surface area contributed by atoms with E-state index in [9.17, 15) is 4.79 Å². The molecule has 1 atom stereocenters. The highest BCUT2D eigenvalue weighted by Gasteiger charge is 2.27. The molecule has 1 aromatic carbocycles. The Kier molecular flexibility index (Phi) is 5.51. The Morgan fingerprint density at radius 3 is 2.67 bits per heavy atom. The van der Waals surface area contributed by atoms with Gasteiger partial charge in [-0.25, -0.2) is 9.97 Å². The van der Waals surface area contributed by atoms with Crippen molar-refractivity contribution < 1.29 is 14.3 Å². The number of aryl methyl sites for hydroxylation is 2. The number of methoxy groups -OCH3 is 2. The first-order chi connectivity index (χ1) is 14.4. The molecule has 1 aliphatic rings. The number of aromatic nitrogens is 2. The smallest absolute Gasteiger partial charge is 0.217 e. The number of carbonyl (C=O) groups excluding carboxylic acids is 1. The summed E-state index contributed by atoms with van der Waals surface area (Å²) < 4.78 is 12.0. The molecule has 1 saturated heterocycles. The molecule has 30 heavy (non-hydrogen) atoms. The molecule has 2 aromatic heterocycles. The summed E-state index contributed by atoms with van der Waals surface area (Å²) in [6.45, 7) is 7.22. The summed E-state index contributed by atoms with van der Waals surface area (Å²) >= 11 is 1.71. The molecule has 1 amide bonds. The number of anilines is 1. The lowest BCUT2D eigenvalue weighted by molar-refractivity contribution is -0.119. The first-order valence-electron chi connectivity index (χ1n) is 9.93. The molecule has 0 spiro atoms. The third-order valence-electron chi connectivity index (χ3n) is 5.37. The fraction of sp³-hybridized carbons (Fsp3) is 0.409. The quantitative estimate of drug-likeness (QED) is 0.670. The summed E-state index contributed by atoms with van der Waals surface area (Å²) in [4.78, 5) is 24.4. The van der Waals surface area contributed by atoms with Crippen LogP contribution in [0, 0.1) is 13.8 Å². The first-order valence-corrected chi connectivity index (χ1v) is 10.7. The Labute approximate surface area is 180 Å². The van der Waals surface area contributed by atoms with Gasteiger partial charge in [0.25, 0.3) is 0 Å². The van der Waals surface area contributed by atoms with E-state index in [2.05, 4.69) is 17.1 Å². The molecular weight excluding hydrogens is 400 g/mol. The van der Waals surface area contributed by atoms with E-state index < -0.39 is 0 Å². The van der Waals surface area contributed by atoms with Crippen molar-refractivity contribution in [3.63, 3.8) is 0 Å². The molecule has 0 aliphatic carbocycles. The average molecular weight is 427 g/mol. The number of benzene rings is 1. The number of ether oxygens (including phenoxy) is 2. The Balaban J connectivity index is 1.79. The number of carbonyl (C=O) groups is 1. The van der Waals surface area contributed by atoms with E-state index in [0.29, 0.717) is 11.5 Å². The number of amides is 1. The van der Waals surface area contributed by atoms with Crippen LogP contribution in [-0.4, -0.2) is 49.2 Å². The summed E-state index contributed by atoms with van der Waals surface area (Å²) in [5.41, 5.74) is 3.09. The first kappa shape index (κ1) is 20.4. The molecule has 4 rings (SSSR count). The van der Waals surface area contributed by atoms with E-state index in [1.54, 1.807) is 32.5 Å². The van der Waals surface area contributed by atoms with Gasteiger partial charge in [-0.15, -0.1) is 11.3 Å². The second-order valence-electron chi connectivity index (χ2n) is 7.51. The van der Waals surface area contributed by atoms with Gasteiger partial charge in [0.2, 0.25) is 5.91 Å². The average Bonchev–Trinajstić information content (AvgIpc) is 3.30. The van der Waals surface area contributed by atoms with Gasteiger partial charge in [-0.05, 0) is 38.0 Å². The summed E-state index contributed by atoms with van der Waals surface area (Å²) in [7, 11) is 3.28. The van der Waals surface area contributed by atoms with Crippen molar-refractivity contribution in [1.82, 2.24) is 15.3 Å². The van der Waals surface area contributed by atoms with Gasteiger partial charge in [0, 0.05) is 36.5 Å². The van der Waals surface area contributed by atoms with Crippen molar-refractivity contribution in [2.75, 3.05) is 32.2 Å². The van der Waals surface area contributed by atoms with E-state index in [4.69, 9.17) is 19.4 Å². The lowest BCUT2D eigenvalue weighted by Gasteiger charge is -2.19. The molecular formula is C22H26N4O3S. The molecule has 1 aliphatic heterocycles. The molecule has 0 radical (unpaired) electrons. The summed E-state index contributed by atoms with van der Waals surface area (Å²) in [5.74, 6) is 3.09. The van der Waals surface area contributed by atoms with Crippen molar-refractivity contribution in [2.45, 2.75) is 33.2 Å². The number of nitrogens with one attached hydrogen (secondary N) is 1. The van der Waals surface area contributed by atoms with Gasteiger partial charge < -0.3 is 19.7 Å². The van der Waals surface area contributed by atoms with Crippen molar-refractivity contribution in [3.8, 4) is 22.6 Å². The van der Waals surface area contributed by atoms with Crippen LogP contribution in [0.2, 0.25) is 0 Å². The lowest BCUT2D eigenvalue weighted by Crippen LogP contribution is -2.35. The molecule has 7 nitrogen and oxygen atoms in total. The van der Waals surface area contributed by atoms with Crippen LogP contribution in [-0.2, 0) is 4.79 Å². The molecule has 0 unspecified atom stereocenters. The third kappa shape index (κ3) is 3.67. The molecule has 0 saturated carbocycles. The number of rotatable bonds is 5. The van der Waals surface area contributed by atoms with Crippen LogP contribution >= 0.6 is 11.3 Å². The van der Waals surface area contributed by atoms with Gasteiger partial charge in [-0.2, -0.15) is 0 Å². The predicted molar refractivity (Wildman–Crippen MR) is 120 cm³/mol. The zero-order valence-corrected chi connectivity index (χ0v) is 18.7. The monoisotopic (exact) mass is 426 g/mol. The number of hydrogen-bond donors (Lipinski definition) is 1. The molecule has 3 heterocycles. The topological polar surface area (TPSA) is 76.6 Å². The summed E-state index contributed by atoms with van der Waals surface area (Å²) in [6, 6.07) is 6.10. The van der Waals surface area contributed by atoms with Crippen LogP contribution in [0.3, 0.4) is 0 Å². The Morgan fingerprint density at radius 2 is 1.97 bits per heavy atom. The van der Waals surface area contributed by atoms with Crippen LogP contribution in [0.1, 0.15) is 24.0 Å². The molecule has 0 bridgehead atoms. The molecule has 1 fully saturated rings. The minimum absolute atomic E-state index is 0.00794. The van der Waals surface area contributed by atoms with Crippen molar-refractivity contribution in [2.24, 2.45) is 0 Å². The Hall–Kier alpha value is -2.87.